The summed E-state index contributed by atoms with van der Waals surface area (Å²) < 4.78 is 19.3. The lowest BCUT2D eigenvalue weighted by Gasteiger charge is -2.25. The van der Waals surface area contributed by atoms with Crippen molar-refractivity contribution in [2.75, 3.05) is 25.6 Å². The fourth-order valence-electron chi connectivity index (χ4n) is 2.37. The summed E-state index contributed by atoms with van der Waals surface area (Å²) in [7, 11) is 0.258. The first kappa shape index (κ1) is 20.3. The van der Waals surface area contributed by atoms with E-state index in [4.69, 9.17) is 27.7 Å². The summed E-state index contributed by atoms with van der Waals surface area (Å²) in [6, 6.07) is 11.8. The lowest BCUT2D eigenvalue weighted by atomic mass is 10.2. The molecule has 0 heterocycles. The molecular weight excluding hydrogens is 380 g/mol. The van der Waals surface area contributed by atoms with Crippen LogP contribution in [0.3, 0.4) is 0 Å². The van der Waals surface area contributed by atoms with Crippen LogP contribution in [0.15, 0.2) is 42.5 Å². The number of aliphatic hydroxyl groups is 1. The van der Waals surface area contributed by atoms with Crippen LogP contribution < -0.4 is 10.2 Å². The van der Waals surface area contributed by atoms with Gasteiger partial charge in [-0.1, -0.05) is 36.2 Å². The number of halogens is 2. The number of anilines is 1. The Morgan fingerprint density at radius 1 is 1.16 bits per heavy atom. The molecule has 0 fully saturated rings. The van der Waals surface area contributed by atoms with E-state index >= 15 is 0 Å². The highest BCUT2D eigenvalue weighted by Crippen LogP contribution is 2.58. The molecule has 0 aliphatic rings. The second-order valence-electron chi connectivity index (χ2n) is 5.88. The Hall–Kier alpha value is -1.03. The molecule has 0 spiro atoms. The van der Waals surface area contributed by atoms with Crippen LogP contribution in [0.4, 0.5) is 5.69 Å². The molecular formula is C18H22Cl2NO3P. The first-order valence-electron chi connectivity index (χ1n) is 7.95. The highest BCUT2D eigenvalue weighted by molar-refractivity contribution is 7.67. The Bertz CT molecular complexity index is 765. The maximum Gasteiger partial charge on any atom is 0.264 e. The van der Waals surface area contributed by atoms with E-state index in [0.29, 0.717) is 22.3 Å². The quantitative estimate of drug-likeness (QED) is 0.657. The van der Waals surface area contributed by atoms with Gasteiger partial charge in [-0.15, -0.1) is 0 Å². The molecule has 0 saturated carbocycles. The zero-order chi connectivity index (χ0) is 18.6. The van der Waals surface area contributed by atoms with Gasteiger partial charge in [-0.05, 0) is 42.8 Å². The summed E-state index contributed by atoms with van der Waals surface area (Å²) in [6.45, 7) is 2.19. The number of aliphatic hydroxyl groups excluding tert-OH is 1. The van der Waals surface area contributed by atoms with Crippen LogP contribution >= 0.6 is 30.6 Å². The van der Waals surface area contributed by atoms with Gasteiger partial charge in [-0.2, -0.15) is 0 Å². The number of hydrogen-bond donors (Lipinski definition) is 1. The molecule has 0 aliphatic heterocycles. The van der Waals surface area contributed by atoms with Gasteiger partial charge in [-0.25, -0.2) is 0 Å². The maximum absolute atomic E-state index is 13.6. The minimum Gasteiger partial charge on any atom is -0.378 e. The highest BCUT2D eigenvalue weighted by Gasteiger charge is 2.37. The van der Waals surface area contributed by atoms with E-state index in [-0.39, 0.29) is 11.6 Å². The topological polar surface area (TPSA) is 49.8 Å². The van der Waals surface area contributed by atoms with Crippen LogP contribution in [0, 0.1) is 0 Å². The molecule has 4 nitrogen and oxygen atoms in total. The SMILES string of the molecule is CCCO[P@@](=O)(c1ccc(N(C)C)cc1)[C@@H](O)c1ccc(Cl)cc1Cl. The van der Waals surface area contributed by atoms with Crippen molar-refractivity contribution in [2.45, 2.75) is 19.2 Å². The van der Waals surface area contributed by atoms with Gasteiger partial charge in [-0.3, -0.25) is 4.57 Å². The summed E-state index contributed by atoms with van der Waals surface area (Å²) in [5.74, 6) is -1.37. The van der Waals surface area contributed by atoms with Crippen molar-refractivity contribution in [3.63, 3.8) is 0 Å². The van der Waals surface area contributed by atoms with Crippen molar-refractivity contribution in [1.82, 2.24) is 0 Å². The second-order valence-corrected chi connectivity index (χ2v) is 9.18. The standard InChI is InChI=1S/C18H22Cl2NO3P/c1-4-11-24-25(23,15-8-6-14(7-9-15)21(2)3)18(22)16-10-5-13(19)12-17(16)20/h5-10,12,18,22H,4,11H2,1-3H3/t18-,25+/m1/s1. The summed E-state index contributed by atoms with van der Waals surface area (Å²) in [5.41, 5.74) is 1.30. The van der Waals surface area contributed by atoms with Crippen molar-refractivity contribution < 1.29 is 14.2 Å². The minimum atomic E-state index is -3.58. The van der Waals surface area contributed by atoms with E-state index in [2.05, 4.69) is 0 Å². The molecule has 2 rings (SSSR count). The zero-order valence-corrected chi connectivity index (χ0v) is 16.9. The van der Waals surface area contributed by atoms with Gasteiger partial charge < -0.3 is 14.5 Å². The van der Waals surface area contributed by atoms with E-state index in [1.54, 1.807) is 24.3 Å². The van der Waals surface area contributed by atoms with Crippen LogP contribution in [0.25, 0.3) is 0 Å². The van der Waals surface area contributed by atoms with E-state index in [1.165, 1.54) is 6.07 Å². The average Bonchev–Trinajstić information content (AvgIpc) is 2.59. The highest BCUT2D eigenvalue weighted by atomic mass is 35.5. The molecule has 0 unspecified atom stereocenters. The Balaban J connectivity index is 2.47. The number of rotatable bonds is 7. The maximum atomic E-state index is 13.6. The van der Waals surface area contributed by atoms with Crippen molar-refractivity contribution in [2.24, 2.45) is 0 Å². The van der Waals surface area contributed by atoms with Crippen molar-refractivity contribution >= 4 is 41.6 Å². The molecule has 0 radical (unpaired) electrons. The van der Waals surface area contributed by atoms with E-state index in [9.17, 15) is 9.67 Å². The molecule has 1 N–H and O–H groups in total. The molecule has 7 heteroatoms. The van der Waals surface area contributed by atoms with Gasteiger partial charge >= 0.3 is 0 Å². The molecule has 25 heavy (non-hydrogen) atoms. The third kappa shape index (κ3) is 4.58. The number of benzene rings is 2. The van der Waals surface area contributed by atoms with Crippen LogP contribution in [-0.2, 0) is 9.09 Å². The third-order valence-corrected chi connectivity index (χ3v) is 6.84. The Morgan fingerprint density at radius 3 is 2.32 bits per heavy atom. The van der Waals surface area contributed by atoms with Crippen LogP contribution in [0.5, 0.6) is 0 Å². The van der Waals surface area contributed by atoms with Gasteiger partial charge in [0.1, 0.15) is 0 Å². The minimum absolute atomic E-state index is 0.255. The Morgan fingerprint density at radius 2 is 1.80 bits per heavy atom. The first-order valence-corrected chi connectivity index (χ1v) is 10.4. The molecule has 136 valence electrons. The van der Waals surface area contributed by atoms with E-state index in [1.807, 2.05) is 38.1 Å². The van der Waals surface area contributed by atoms with Crippen molar-refractivity contribution in [3.8, 4) is 0 Å². The summed E-state index contributed by atoms with van der Waals surface area (Å²) in [6.07, 6.45) is 0.681. The molecule has 0 amide bonds. The molecule has 2 atom stereocenters. The van der Waals surface area contributed by atoms with E-state index in [0.717, 1.165) is 5.69 Å². The van der Waals surface area contributed by atoms with E-state index < -0.39 is 13.2 Å². The second kappa shape index (κ2) is 8.57. The lowest BCUT2D eigenvalue weighted by molar-refractivity contribution is 0.214. The predicted molar refractivity (Wildman–Crippen MR) is 106 cm³/mol. The molecule has 0 saturated heterocycles. The predicted octanol–water partition coefficient (Wildman–Crippen LogP) is 5.08. The summed E-state index contributed by atoms with van der Waals surface area (Å²) in [5, 5.41) is 12.0. The Kier molecular flexibility index (Phi) is 6.95. The lowest BCUT2D eigenvalue weighted by Crippen LogP contribution is -2.16. The summed E-state index contributed by atoms with van der Waals surface area (Å²) in [4.78, 5) is 1.94. The van der Waals surface area contributed by atoms with Crippen LogP contribution in [0.1, 0.15) is 24.8 Å². The molecule has 0 bridgehead atoms. The van der Waals surface area contributed by atoms with Gasteiger partial charge in [0.05, 0.1) is 6.61 Å². The number of nitrogens with zero attached hydrogens (tertiary/aromatic N) is 1. The molecule has 2 aromatic carbocycles. The van der Waals surface area contributed by atoms with Gasteiger partial charge in [0.25, 0.3) is 7.37 Å². The fraction of sp³-hybridized carbons (Fsp3) is 0.333. The smallest absolute Gasteiger partial charge is 0.264 e. The van der Waals surface area contributed by atoms with Crippen LogP contribution in [-0.4, -0.2) is 25.8 Å². The van der Waals surface area contributed by atoms with Gasteiger partial charge in [0.2, 0.25) is 0 Å². The fourth-order valence-corrected chi connectivity index (χ4v) is 5.14. The zero-order valence-electron chi connectivity index (χ0n) is 14.4. The van der Waals surface area contributed by atoms with Gasteiger partial charge in [0.15, 0.2) is 5.85 Å². The van der Waals surface area contributed by atoms with Crippen molar-refractivity contribution in [1.29, 1.82) is 0 Å². The average molecular weight is 402 g/mol. The summed E-state index contributed by atoms with van der Waals surface area (Å²) >= 11 is 12.1. The normalized spacial score (nSPS) is 14.8. The largest absolute Gasteiger partial charge is 0.378 e. The molecule has 2 aromatic rings. The van der Waals surface area contributed by atoms with Crippen molar-refractivity contribution in [3.05, 3.63) is 58.1 Å². The van der Waals surface area contributed by atoms with Crippen LogP contribution in [0.2, 0.25) is 10.0 Å². The molecule has 0 aromatic heterocycles. The number of hydrogen-bond acceptors (Lipinski definition) is 4. The monoisotopic (exact) mass is 401 g/mol. The van der Waals surface area contributed by atoms with Gasteiger partial charge in [0, 0.05) is 40.7 Å². The first-order chi connectivity index (χ1) is 11.8. The third-order valence-electron chi connectivity index (χ3n) is 3.78. The molecule has 0 aliphatic carbocycles. The Labute approximate surface area is 158 Å².